The smallest absolute Gasteiger partial charge is 0.0624 e. The van der Waals surface area contributed by atoms with E-state index < -0.39 is 0 Å². The summed E-state index contributed by atoms with van der Waals surface area (Å²) >= 11 is 0. The quantitative estimate of drug-likeness (QED) is 0.843. The molecule has 1 aromatic rings. The fourth-order valence-corrected chi connectivity index (χ4v) is 3.26. The molecule has 120 valence electrons. The first-order valence-electron chi connectivity index (χ1n) is 8.20. The highest BCUT2D eigenvalue weighted by Crippen LogP contribution is 2.15. The second-order valence-corrected chi connectivity index (χ2v) is 6.21. The molecule has 1 N–H and O–H groups in total. The third-order valence-electron chi connectivity index (χ3n) is 4.74. The summed E-state index contributed by atoms with van der Waals surface area (Å²) in [7, 11) is 6.55. The Balaban J connectivity index is 2.12. The molecular formula is C16H31N5. The number of aryl methyl sites for hydroxylation is 2. The second kappa shape index (κ2) is 7.38. The van der Waals surface area contributed by atoms with Crippen LogP contribution in [0.2, 0.25) is 0 Å². The van der Waals surface area contributed by atoms with Crippen molar-refractivity contribution >= 4 is 0 Å². The van der Waals surface area contributed by atoms with Crippen molar-refractivity contribution in [2.24, 2.45) is 0 Å². The first-order valence-corrected chi connectivity index (χ1v) is 8.20. The molecule has 0 aromatic carbocycles. The topological polar surface area (TPSA) is 36.3 Å². The highest BCUT2D eigenvalue weighted by molar-refractivity contribution is 5.13. The Morgan fingerprint density at radius 2 is 2.10 bits per heavy atom. The van der Waals surface area contributed by atoms with E-state index in [2.05, 4.69) is 66.0 Å². The number of nitrogens with one attached hydrogen (secondary N) is 1. The van der Waals surface area contributed by atoms with Gasteiger partial charge in [-0.1, -0.05) is 6.92 Å². The van der Waals surface area contributed by atoms with Crippen LogP contribution in [0.3, 0.4) is 0 Å². The van der Waals surface area contributed by atoms with Gasteiger partial charge in [-0.2, -0.15) is 5.10 Å². The molecule has 0 bridgehead atoms. The van der Waals surface area contributed by atoms with Gasteiger partial charge in [0.05, 0.1) is 5.69 Å². The largest absolute Gasteiger partial charge is 0.315 e. The van der Waals surface area contributed by atoms with Crippen LogP contribution in [0.1, 0.15) is 25.2 Å². The summed E-state index contributed by atoms with van der Waals surface area (Å²) in [5.74, 6) is 0. The molecule has 0 amide bonds. The van der Waals surface area contributed by atoms with Crippen LogP contribution >= 0.6 is 0 Å². The van der Waals surface area contributed by atoms with Crippen molar-refractivity contribution in [1.82, 2.24) is 24.9 Å². The lowest BCUT2D eigenvalue weighted by Gasteiger charge is -2.42. The fraction of sp³-hybridized carbons (Fsp3) is 0.812. The average Bonchev–Trinajstić information content (AvgIpc) is 2.89. The lowest BCUT2D eigenvalue weighted by atomic mass is 9.99. The maximum atomic E-state index is 4.68. The Bertz CT molecular complexity index is 442. The van der Waals surface area contributed by atoms with Crippen molar-refractivity contribution in [1.29, 1.82) is 0 Å². The van der Waals surface area contributed by atoms with E-state index in [4.69, 9.17) is 0 Å². The van der Waals surface area contributed by atoms with Crippen LogP contribution in [-0.2, 0) is 19.4 Å². The van der Waals surface area contributed by atoms with Crippen LogP contribution < -0.4 is 5.32 Å². The van der Waals surface area contributed by atoms with E-state index in [-0.39, 0.29) is 0 Å². The predicted molar refractivity (Wildman–Crippen MR) is 87.7 cm³/mol. The molecule has 2 rings (SSSR count). The minimum atomic E-state index is 0.462. The van der Waals surface area contributed by atoms with Crippen molar-refractivity contribution in [2.75, 3.05) is 40.8 Å². The Morgan fingerprint density at radius 3 is 2.71 bits per heavy atom. The molecule has 0 aliphatic carbocycles. The molecule has 0 radical (unpaired) electrons. The van der Waals surface area contributed by atoms with Crippen LogP contribution in [-0.4, -0.2) is 72.4 Å². The Kier molecular flexibility index (Phi) is 5.79. The van der Waals surface area contributed by atoms with Crippen molar-refractivity contribution in [3.63, 3.8) is 0 Å². The van der Waals surface area contributed by atoms with E-state index in [9.17, 15) is 0 Å². The molecule has 5 heteroatoms. The van der Waals surface area contributed by atoms with Gasteiger partial charge in [-0.25, -0.2) is 0 Å². The molecule has 0 saturated carbocycles. The van der Waals surface area contributed by atoms with Gasteiger partial charge >= 0.3 is 0 Å². The number of hydrogen-bond acceptors (Lipinski definition) is 4. The van der Waals surface area contributed by atoms with E-state index in [1.165, 1.54) is 11.4 Å². The SMILES string of the molecule is CCc1cc(CC(NC)C2CN(C)CCN2C)n(CC)n1. The third-order valence-corrected chi connectivity index (χ3v) is 4.74. The predicted octanol–water partition coefficient (Wildman–Crippen LogP) is 0.842. The number of hydrogen-bond donors (Lipinski definition) is 1. The highest BCUT2D eigenvalue weighted by atomic mass is 15.3. The Labute approximate surface area is 129 Å². The Morgan fingerprint density at radius 1 is 1.33 bits per heavy atom. The van der Waals surface area contributed by atoms with Crippen LogP contribution in [0.4, 0.5) is 0 Å². The molecule has 1 aliphatic rings. The lowest BCUT2D eigenvalue weighted by molar-refractivity contribution is 0.0892. The molecule has 2 heterocycles. The van der Waals surface area contributed by atoms with Crippen LogP contribution in [0.5, 0.6) is 0 Å². The van der Waals surface area contributed by atoms with Gasteiger partial charge in [-0.15, -0.1) is 0 Å². The summed E-state index contributed by atoms with van der Waals surface area (Å²) in [6.45, 7) is 8.73. The van der Waals surface area contributed by atoms with E-state index in [1.54, 1.807) is 0 Å². The zero-order valence-electron chi connectivity index (χ0n) is 14.3. The third kappa shape index (κ3) is 3.84. The number of aromatic nitrogens is 2. The van der Waals surface area contributed by atoms with Gasteiger partial charge in [0.15, 0.2) is 0 Å². The number of piperazine rings is 1. The molecule has 1 aliphatic heterocycles. The summed E-state index contributed by atoms with van der Waals surface area (Å²) in [6, 6.07) is 3.30. The summed E-state index contributed by atoms with van der Waals surface area (Å²) in [4.78, 5) is 4.93. The van der Waals surface area contributed by atoms with Crippen LogP contribution in [0.25, 0.3) is 0 Å². The van der Waals surface area contributed by atoms with Gasteiger partial charge < -0.3 is 10.2 Å². The summed E-state index contributed by atoms with van der Waals surface area (Å²) in [5, 5.41) is 8.22. The molecule has 0 spiro atoms. The van der Waals surface area contributed by atoms with E-state index in [0.29, 0.717) is 12.1 Å². The molecule has 5 nitrogen and oxygen atoms in total. The Hall–Kier alpha value is -0.910. The van der Waals surface area contributed by atoms with Gasteiger partial charge in [0, 0.05) is 50.4 Å². The fourth-order valence-electron chi connectivity index (χ4n) is 3.26. The monoisotopic (exact) mass is 293 g/mol. The van der Waals surface area contributed by atoms with Crippen LogP contribution in [0.15, 0.2) is 6.07 Å². The summed E-state index contributed by atoms with van der Waals surface area (Å²) in [5.41, 5.74) is 2.56. The molecule has 1 saturated heterocycles. The van der Waals surface area contributed by atoms with Crippen molar-refractivity contribution in [2.45, 2.75) is 45.3 Å². The average molecular weight is 293 g/mol. The van der Waals surface area contributed by atoms with Crippen molar-refractivity contribution in [3.05, 3.63) is 17.5 Å². The second-order valence-electron chi connectivity index (χ2n) is 6.21. The van der Waals surface area contributed by atoms with E-state index in [1.807, 2.05) is 0 Å². The van der Waals surface area contributed by atoms with E-state index in [0.717, 1.165) is 39.0 Å². The zero-order chi connectivity index (χ0) is 15.4. The van der Waals surface area contributed by atoms with Crippen molar-refractivity contribution in [3.8, 4) is 0 Å². The maximum Gasteiger partial charge on any atom is 0.0624 e. The van der Waals surface area contributed by atoms with Gasteiger partial charge in [0.1, 0.15) is 0 Å². The molecule has 2 atom stereocenters. The number of likely N-dealkylation sites (N-methyl/N-ethyl adjacent to an activating group) is 3. The first kappa shape index (κ1) is 16.5. The summed E-state index contributed by atoms with van der Waals surface area (Å²) < 4.78 is 2.16. The molecule has 21 heavy (non-hydrogen) atoms. The summed E-state index contributed by atoms with van der Waals surface area (Å²) in [6.07, 6.45) is 2.05. The van der Waals surface area contributed by atoms with Crippen LogP contribution in [0, 0.1) is 0 Å². The highest BCUT2D eigenvalue weighted by Gasteiger charge is 2.29. The van der Waals surface area contributed by atoms with Gasteiger partial charge in [-0.05, 0) is 40.6 Å². The molecule has 1 fully saturated rings. The first-order chi connectivity index (χ1) is 10.1. The minimum absolute atomic E-state index is 0.462. The standard InChI is InChI=1S/C16H31N5/c1-6-13-10-14(21(7-2)18-13)11-15(17-3)16-12-19(4)8-9-20(16)5/h10,15-17H,6-9,11-12H2,1-5H3. The maximum absolute atomic E-state index is 4.68. The number of rotatable bonds is 6. The molecule has 2 unspecified atom stereocenters. The van der Waals surface area contributed by atoms with Crippen molar-refractivity contribution < 1.29 is 0 Å². The molecule has 1 aromatic heterocycles. The number of nitrogens with zero attached hydrogens (tertiary/aromatic N) is 4. The van der Waals surface area contributed by atoms with Gasteiger partial charge in [0.2, 0.25) is 0 Å². The van der Waals surface area contributed by atoms with Gasteiger partial charge in [0.25, 0.3) is 0 Å². The van der Waals surface area contributed by atoms with E-state index >= 15 is 0 Å². The lowest BCUT2D eigenvalue weighted by Crippen LogP contribution is -2.58. The molecular weight excluding hydrogens is 262 g/mol. The van der Waals surface area contributed by atoms with Gasteiger partial charge in [-0.3, -0.25) is 9.58 Å². The zero-order valence-corrected chi connectivity index (χ0v) is 14.3. The minimum Gasteiger partial charge on any atom is -0.315 e. The normalized spacial score (nSPS) is 22.6.